The van der Waals surface area contributed by atoms with Crippen LogP contribution in [0.15, 0.2) is 18.2 Å². The first-order valence-corrected chi connectivity index (χ1v) is 8.01. The van der Waals surface area contributed by atoms with Gasteiger partial charge in [0.25, 0.3) is 0 Å². The Morgan fingerprint density at radius 2 is 2.00 bits per heavy atom. The number of methoxy groups -OCH3 is 1. The average Bonchev–Trinajstić information content (AvgIpc) is 2.71. The minimum atomic E-state index is -0.104. The number of hydrogen-bond donors (Lipinski definition) is 2. The van der Waals surface area contributed by atoms with E-state index in [2.05, 4.69) is 11.4 Å². The summed E-state index contributed by atoms with van der Waals surface area (Å²) in [6.45, 7) is 0.779. The maximum atomic E-state index is 9.64. The van der Waals surface area contributed by atoms with Crippen LogP contribution >= 0.6 is 0 Å². The van der Waals surface area contributed by atoms with Crippen molar-refractivity contribution >= 4 is 0 Å². The first kappa shape index (κ1) is 14.7. The van der Waals surface area contributed by atoms with Gasteiger partial charge in [-0.2, -0.15) is 0 Å². The van der Waals surface area contributed by atoms with Gasteiger partial charge in [-0.1, -0.05) is 0 Å². The predicted octanol–water partition coefficient (Wildman–Crippen LogP) is 2.80. The number of benzene rings is 1. The molecule has 3 rings (SSSR count). The Labute approximate surface area is 126 Å². The van der Waals surface area contributed by atoms with E-state index in [-0.39, 0.29) is 6.10 Å². The molecule has 0 amide bonds. The Morgan fingerprint density at radius 3 is 2.76 bits per heavy atom. The molecule has 4 nitrogen and oxygen atoms in total. The number of aliphatic hydroxyl groups is 1. The number of aliphatic hydroxyl groups excluding tert-OH is 1. The maximum Gasteiger partial charge on any atom is 0.124 e. The van der Waals surface area contributed by atoms with E-state index >= 15 is 0 Å². The van der Waals surface area contributed by atoms with Crippen molar-refractivity contribution in [2.24, 2.45) is 0 Å². The summed E-state index contributed by atoms with van der Waals surface area (Å²) in [4.78, 5) is 0. The quantitative estimate of drug-likeness (QED) is 0.899. The first-order chi connectivity index (χ1) is 10.3. The molecule has 116 valence electrons. The lowest BCUT2D eigenvalue weighted by atomic mass is 9.91. The summed E-state index contributed by atoms with van der Waals surface area (Å²) in [5, 5.41) is 13.4. The van der Waals surface area contributed by atoms with Crippen LogP contribution in [0, 0.1) is 0 Å². The van der Waals surface area contributed by atoms with Crippen LogP contribution < -0.4 is 14.8 Å². The fraction of sp³-hybridized carbons (Fsp3) is 0.647. The second-order valence-electron chi connectivity index (χ2n) is 6.12. The van der Waals surface area contributed by atoms with Gasteiger partial charge in [-0.3, -0.25) is 0 Å². The minimum Gasteiger partial charge on any atom is -0.497 e. The first-order valence-electron chi connectivity index (χ1n) is 8.01. The van der Waals surface area contributed by atoms with E-state index in [1.54, 1.807) is 7.11 Å². The number of hydrogen-bond acceptors (Lipinski definition) is 4. The molecule has 0 spiro atoms. The SMILES string of the molecule is COc1ccc2c(c1)C(NC1CCC(O)CC1)CCCO2. The summed E-state index contributed by atoms with van der Waals surface area (Å²) in [5.41, 5.74) is 1.21. The molecule has 1 aliphatic heterocycles. The van der Waals surface area contributed by atoms with Gasteiger partial charge in [-0.15, -0.1) is 0 Å². The normalized spacial score (nSPS) is 29.1. The van der Waals surface area contributed by atoms with E-state index in [0.717, 1.165) is 56.6 Å². The summed E-state index contributed by atoms with van der Waals surface area (Å²) in [6, 6.07) is 6.88. The highest BCUT2D eigenvalue weighted by molar-refractivity contribution is 5.42. The minimum absolute atomic E-state index is 0.104. The predicted molar refractivity (Wildman–Crippen MR) is 81.9 cm³/mol. The molecule has 1 fully saturated rings. The highest BCUT2D eigenvalue weighted by Crippen LogP contribution is 2.35. The molecule has 1 aliphatic carbocycles. The van der Waals surface area contributed by atoms with Gasteiger partial charge in [-0.05, 0) is 56.7 Å². The van der Waals surface area contributed by atoms with Crippen LogP contribution in [0.2, 0.25) is 0 Å². The van der Waals surface area contributed by atoms with E-state index in [0.29, 0.717) is 12.1 Å². The zero-order valence-corrected chi connectivity index (χ0v) is 12.7. The van der Waals surface area contributed by atoms with E-state index < -0.39 is 0 Å². The number of nitrogens with one attached hydrogen (secondary N) is 1. The van der Waals surface area contributed by atoms with Crippen molar-refractivity contribution in [3.05, 3.63) is 23.8 Å². The topological polar surface area (TPSA) is 50.7 Å². The molecule has 1 heterocycles. The van der Waals surface area contributed by atoms with E-state index in [1.165, 1.54) is 5.56 Å². The summed E-state index contributed by atoms with van der Waals surface area (Å²) in [5.74, 6) is 1.85. The Bertz CT molecular complexity index is 469. The van der Waals surface area contributed by atoms with Gasteiger partial charge >= 0.3 is 0 Å². The van der Waals surface area contributed by atoms with Gasteiger partial charge < -0.3 is 19.9 Å². The Balaban J connectivity index is 1.76. The zero-order chi connectivity index (χ0) is 14.7. The van der Waals surface area contributed by atoms with Crippen molar-refractivity contribution in [2.45, 2.75) is 56.7 Å². The summed E-state index contributed by atoms with van der Waals surface area (Å²) in [7, 11) is 1.70. The van der Waals surface area contributed by atoms with Crippen LogP contribution in [-0.4, -0.2) is 31.0 Å². The molecule has 1 atom stereocenters. The van der Waals surface area contributed by atoms with Crippen molar-refractivity contribution in [2.75, 3.05) is 13.7 Å². The highest BCUT2D eigenvalue weighted by Gasteiger charge is 2.25. The highest BCUT2D eigenvalue weighted by atomic mass is 16.5. The van der Waals surface area contributed by atoms with Gasteiger partial charge in [0.05, 0.1) is 19.8 Å². The van der Waals surface area contributed by atoms with Crippen molar-refractivity contribution < 1.29 is 14.6 Å². The second-order valence-corrected chi connectivity index (χ2v) is 6.12. The van der Waals surface area contributed by atoms with Crippen LogP contribution in [0.5, 0.6) is 11.5 Å². The molecule has 1 aromatic rings. The number of fused-ring (bicyclic) bond motifs is 1. The van der Waals surface area contributed by atoms with Gasteiger partial charge in [0.15, 0.2) is 0 Å². The van der Waals surface area contributed by atoms with Crippen molar-refractivity contribution in [1.29, 1.82) is 0 Å². The Hall–Kier alpha value is -1.26. The summed E-state index contributed by atoms with van der Waals surface area (Å²) < 4.78 is 11.2. The maximum absolute atomic E-state index is 9.64. The largest absolute Gasteiger partial charge is 0.497 e. The number of ether oxygens (including phenoxy) is 2. The molecule has 0 bridgehead atoms. The molecule has 4 heteroatoms. The van der Waals surface area contributed by atoms with E-state index in [1.807, 2.05) is 12.1 Å². The van der Waals surface area contributed by atoms with Gasteiger partial charge in [-0.25, -0.2) is 0 Å². The smallest absolute Gasteiger partial charge is 0.124 e. The standard InChI is InChI=1S/C17H25NO3/c1-20-14-8-9-17-15(11-14)16(3-2-10-21-17)18-12-4-6-13(19)7-5-12/h8-9,11-13,16,18-19H,2-7,10H2,1H3. The van der Waals surface area contributed by atoms with Crippen LogP contribution in [-0.2, 0) is 0 Å². The molecular weight excluding hydrogens is 266 g/mol. The third-order valence-corrected chi connectivity index (χ3v) is 4.62. The van der Waals surface area contributed by atoms with Crippen molar-refractivity contribution in [3.63, 3.8) is 0 Å². The summed E-state index contributed by atoms with van der Waals surface area (Å²) in [6.07, 6.45) is 5.96. The Morgan fingerprint density at radius 1 is 1.19 bits per heavy atom. The fourth-order valence-electron chi connectivity index (χ4n) is 3.38. The van der Waals surface area contributed by atoms with Gasteiger partial charge in [0.1, 0.15) is 11.5 Å². The van der Waals surface area contributed by atoms with Crippen molar-refractivity contribution in [3.8, 4) is 11.5 Å². The lowest BCUT2D eigenvalue weighted by molar-refractivity contribution is 0.114. The molecule has 0 aromatic heterocycles. The van der Waals surface area contributed by atoms with Crippen LogP contribution in [0.3, 0.4) is 0 Å². The van der Waals surface area contributed by atoms with E-state index in [9.17, 15) is 5.11 Å². The van der Waals surface area contributed by atoms with Gasteiger partial charge in [0, 0.05) is 17.6 Å². The molecule has 2 N–H and O–H groups in total. The third-order valence-electron chi connectivity index (χ3n) is 4.62. The average molecular weight is 291 g/mol. The molecule has 0 radical (unpaired) electrons. The van der Waals surface area contributed by atoms with Crippen LogP contribution in [0.1, 0.15) is 50.1 Å². The molecule has 1 aromatic carbocycles. The monoisotopic (exact) mass is 291 g/mol. The van der Waals surface area contributed by atoms with Crippen LogP contribution in [0.4, 0.5) is 0 Å². The molecule has 2 aliphatic rings. The lowest BCUT2D eigenvalue weighted by Gasteiger charge is -2.30. The summed E-state index contributed by atoms with van der Waals surface area (Å²) >= 11 is 0. The van der Waals surface area contributed by atoms with Crippen LogP contribution in [0.25, 0.3) is 0 Å². The second kappa shape index (κ2) is 6.67. The molecule has 0 saturated heterocycles. The molecule has 21 heavy (non-hydrogen) atoms. The lowest BCUT2D eigenvalue weighted by Crippen LogP contribution is -2.37. The third kappa shape index (κ3) is 3.50. The van der Waals surface area contributed by atoms with Crippen molar-refractivity contribution in [1.82, 2.24) is 5.32 Å². The molecule has 1 unspecified atom stereocenters. The van der Waals surface area contributed by atoms with E-state index in [4.69, 9.17) is 9.47 Å². The Kier molecular flexibility index (Phi) is 4.66. The molecule has 1 saturated carbocycles. The fourth-order valence-corrected chi connectivity index (χ4v) is 3.38. The van der Waals surface area contributed by atoms with Gasteiger partial charge in [0.2, 0.25) is 0 Å². The zero-order valence-electron chi connectivity index (χ0n) is 12.7. The number of rotatable bonds is 3. The molecular formula is C17H25NO3.